The van der Waals surface area contributed by atoms with Crippen molar-refractivity contribution < 1.29 is 18.7 Å². The van der Waals surface area contributed by atoms with Gasteiger partial charge in [0.2, 0.25) is 5.91 Å². The Morgan fingerprint density at radius 1 is 1.17 bits per heavy atom. The molecule has 0 aliphatic carbocycles. The van der Waals surface area contributed by atoms with Crippen LogP contribution in [0.2, 0.25) is 5.02 Å². The number of rotatable bonds is 7. The topological polar surface area (TPSA) is 70.7 Å². The predicted octanol–water partition coefficient (Wildman–Crippen LogP) is 3.71. The standard InChI is InChI=1S/C22H25ClFN3O3/c1-30-20-7-4-16(23)14-19(20)26-21(28)10-13-27-11-8-18(9-12-27)25-22(29)15-2-5-17(24)6-3-15/h2-7,14,18H,8-13H2,1H3,(H,25,29)(H,26,28). The maximum absolute atomic E-state index is 13.0. The quantitative estimate of drug-likeness (QED) is 0.698. The van der Waals surface area contributed by atoms with Crippen LogP contribution in [0.25, 0.3) is 0 Å². The molecule has 1 heterocycles. The van der Waals surface area contributed by atoms with Gasteiger partial charge in [-0.1, -0.05) is 11.6 Å². The van der Waals surface area contributed by atoms with Gasteiger partial charge in [-0.25, -0.2) is 4.39 Å². The molecule has 2 aromatic rings. The van der Waals surface area contributed by atoms with Crippen LogP contribution in [0.1, 0.15) is 29.6 Å². The van der Waals surface area contributed by atoms with Gasteiger partial charge in [0, 0.05) is 42.7 Å². The van der Waals surface area contributed by atoms with E-state index in [9.17, 15) is 14.0 Å². The smallest absolute Gasteiger partial charge is 0.251 e. The first-order valence-electron chi connectivity index (χ1n) is 9.87. The first-order chi connectivity index (χ1) is 14.4. The minimum atomic E-state index is -0.363. The molecule has 2 aromatic carbocycles. The molecule has 2 amide bonds. The van der Waals surface area contributed by atoms with Gasteiger partial charge >= 0.3 is 0 Å². The summed E-state index contributed by atoms with van der Waals surface area (Å²) in [4.78, 5) is 26.8. The molecular formula is C22H25ClFN3O3. The number of nitrogens with zero attached hydrogens (tertiary/aromatic N) is 1. The minimum absolute atomic E-state index is 0.0725. The van der Waals surface area contributed by atoms with Crippen LogP contribution in [0.15, 0.2) is 42.5 Å². The van der Waals surface area contributed by atoms with Crippen molar-refractivity contribution in [3.8, 4) is 5.75 Å². The van der Waals surface area contributed by atoms with E-state index < -0.39 is 0 Å². The first kappa shape index (κ1) is 22.1. The molecule has 0 atom stereocenters. The van der Waals surface area contributed by atoms with E-state index in [0.717, 1.165) is 25.9 Å². The molecule has 0 radical (unpaired) electrons. The number of anilines is 1. The van der Waals surface area contributed by atoms with Crippen LogP contribution in [0.3, 0.4) is 0 Å². The van der Waals surface area contributed by atoms with E-state index in [1.165, 1.54) is 31.4 Å². The largest absolute Gasteiger partial charge is 0.495 e. The Bertz CT molecular complexity index is 884. The lowest BCUT2D eigenvalue weighted by Crippen LogP contribution is -2.45. The van der Waals surface area contributed by atoms with Gasteiger partial charge < -0.3 is 20.3 Å². The number of piperidine rings is 1. The Balaban J connectivity index is 1.40. The molecule has 2 N–H and O–H groups in total. The number of carbonyl (C=O) groups is 2. The zero-order chi connectivity index (χ0) is 21.5. The van der Waals surface area contributed by atoms with Gasteiger partial charge in [-0.2, -0.15) is 0 Å². The first-order valence-corrected chi connectivity index (χ1v) is 10.2. The lowest BCUT2D eigenvalue weighted by Gasteiger charge is -2.32. The fourth-order valence-electron chi connectivity index (χ4n) is 3.42. The fraction of sp³-hybridized carbons (Fsp3) is 0.364. The third kappa shape index (κ3) is 6.18. The monoisotopic (exact) mass is 433 g/mol. The number of benzene rings is 2. The molecule has 1 saturated heterocycles. The Kier molecular flexibility index (Phi) is 7.65. The van der Waals surface area contributed by atoms with E-state index in [-0.39, 0.29) is 23.7 Å². The molecular weight excluding hydrogens is 409 g/mol. The Morgan fingerprint density at radius 2 is 1.87 bits per heavy atom. The van der Waals surface area contributed by atoms with Crippen LogP contribution in [0.4, 0.5) is 10.1 Å². The minimum Gasteiger partial charge on any atom is -0.495 e. The number of hydrogen-bond donors (Lipinski definition) is 2. The second-order valence-electron chi connectivity index (χ2n) is 7.24. The number of halogens is 2. The molecule has 0 saturated carbocycles. The molecule has 0 spiro atoms. The Labute approximate surface area is 180 Å². The van der Waals surface area contributed by atoms with Gasteiger partial charge in [0.25, 0.3) is 5.91 Å². The van der Waals surface area contributed by atoms with Crippen LogP contribution in [-0.4, -0.2) is 49.5 Å². The summed E-state index contributed by atoms with van der Waals surface area (Å²) >= 11 is 5.99. The predicted molar refractivity (Wildman–Crippen MR) is 115 cm³/mol. The maximum Gasteiger partial charge on any atom is 0.251 e. The lowest BCUT2D eigenvalue weighted by atomic mass is 10.0. The highest BCUT2D eigenvalue weighted by molar-refractivity contribution is 6.31. The maximum atomic E-state index is 13.0. The van der Waals surface area contributed by atoms with Crippen molar-refractivity contribution >= 4 is 29.1 Å². The highest BCUT2D eigenvalue weighted by Crippen LogP contribution is 2.27. The summed E-state index contributed by atoms with van der Waals surface area (Å²) in [5.74, 6) is -0.103. The van der Waals surface area contributed by atoms with Crippen LogP contribution < -0.4 is 15.4 Å². The molecule has 0 unspecified atom stereocenters. The number of methoxy groups -OCH3 is 1. The number of amides is 2. The average Bonchev–Trinajstić information content (AvgIpc) is 2.74. The van der Waals surface area contributed by atoms with Crippen molar-refractivity contribution in [2.24, 2.45) is 0 Å². The van der Waals surface area contributed by atoms with Gasteiger partial charge in [0.05, 0.1) is 12.8 Å². The zero-order valence-corrected chi connectivity index (χ0v) is 17.5. The lowest BCUT2D eigenvalue weighted by molar-refractivity contribution is -0.116. The number of likely N-dealkylation sites (tertiary alicyclic amines) is 1. The van der Waals surface area contributed by atoms with Crippen LogP contribution >= 0.6 is 11.6 Å². The van der Waals surface area contributed by atoms with Crippen molar-refractivity contribution in [3.05, 3.63) is 58.9 Å². The molecule has 0 bridgehead atoms. The molecule has 3 rings (SSSR count). The molecule has 30 heavy (non-hydrogen) atoms. The van der Waals surface area contributed by atoms with Gasteiger partial charge in [-0.05, 0) is 55.3 Å². The van der Waals surface area contributed by atoms with Gasteiger partial charge in [-0.3, -0.25) is 9.59 Å². The summed E-state index contributed by atoms with van der Waals surface area (Å²) in [6.45, 7) is 2.22. The number of hydrogen-bond acceptors (Lipinski definition) is 4. The molecule has 1 aliphatic heterocycles. The normalized spacial score (nSPS) is 14.9. The summed E-state index contributed by atoms with van der Waals surface area (Å²) in [5.41, 5.74) is 1.00. The molecule has 160 valence electrons. The number of nitrogens with one attached hydrogen (secondary N) is 2. The number of carbonyl (C=O) groups excluding carboxylic acids is 2. The van der Waals surface area contributed by atoms with Gasteiger partial charge in [0.1, 0.15) is 11.6 Å². The SMILES string of the molecule is COc1ccc(Cl)cc1NC(=O)CCN1CCC(NC(=O)c2ccc(F)cc2)CC1. The highest BCUT2D eigenvalue weighted by Gasteiger charge is 2.21. The van der Waals surface area contributed by atoms with Crippen molar-refractivity contribution in [2.75, 3.05) is 32.1 Å². The van der Waals surface area contributed by atoms with E-state index >= 15 is 0 Å². The average molecular weight is 434 g/mol. The summed E-state index contributed by atoms with van der Waals surface area (Å²) in [6, 6.07) is 10.7. The molecule has 1 aliphatic rings. The third-order valence-electron chi connectivity index (χ3n) is 5.12. The Morgan fingerprint density at radius 3 is 2.53 bits per heavy atom. The van der Waals surface area contributed by atoms with Crippen LogP contribution in [-0.2, 0) is 4.79 Å². The van der Waals surface area contributed by atoms with Crippen molar-refractivity contribution in [1.29, 1.82) is 0 Å². The van der Waals surface area contributed by atoms with Crippen LogP contribution in [0, 0.1) is 5.82 Å². The summed E-state index contributed by atoms with van der Waals surface area (Å²) < 4.78 is 18.2. The summed E-state index contributed by atoms with van der Waals surface area (Å²) in [6.07, 6.45) is 1.95. The summed E-state index contributed by atoms with van der Waals surface area (Å²) in [7, 11) is 1.54. The van der Waals surface area contributed by atoms with E-state index in [1.54, 1.807) is 18.2 Å². The highest BCUT2D eigenvalue weighted by atomic mass is 35.5. The molecule has 8 heteroatoms. The van der Waals surface area contributed by atoms with E-state index in [2.05, 4.69) is 15.5 Å². The van der Waals surface area contributed by atoms with Crippen molar-refractivity contribution in [1.82, 2.24) is 10.2 Å². The zero-order valence-electron chi connectivity index (χ0n) is 16.8. The molecule has 0 aromatic heterocycles. The van der Waals surface area contributed by atoms with Crippen molar-refractivity contribution in [2.45, 2.75) is 25.3 Å². The van der Waals surface area contributed by atoms with E-state index in [0.29, 0.717) is 35.0 Å². The Hall–Kier alpha value is -2.64. The van der Waals surface area contributed by atoms with Gasteiger partial charge in [0.15, 0.2) is 0 Å². The number of ether oxygens (including phenoxy) is 1. The third-order valence-corrected chi connectivity index (χ3v) is 5.36. The molecule has 6 nitrogen and oxygen atoms in total. The van der Waals surface area contributed by atoms with Crippen LogP contribution in [0.5, 0.6) is 5.75 Å². The second kappa shape index (κ2) is 10.4. The summed E-state index contributed by atoms with van der Waals surface area (Å²) in [5, 5.41) is 6.36. The fourth-order valence-corrected chi connectivity index (χ4v) is 3.59. The van der Waals surface area contributed by atoms with Gasteiger partial charge in [-0.15, -0.1) is 0 Å². The van der Waals surface area contributed by atoms with E-state index in [1.807, 2.05) is 0 Å². The molecule has 1 fully saturated rings. The van der Waals surface area contributed by atoms with E-state index in [4.69, 9.17) is 16.3 Å². The van der Waals surface area contributed by atoms with Crippen molar-refractivity contribution in [3.63, 3.8) is 0 Å². The second-order valence-corrected chi connectivity index (χ2v) is 7.68.